The van der Waals surface area contributed by atoms with E-state index in [2.05, 4.69) is 86.0 Å². The fraction of sp³-hybridized carbons (Fsp3) is 0.429. The number of guanidine groups is 1. The van der Waals surface area contributed by atoms with E-state index in [1.807, 2.05) is 17.2 Å². The Balaban J connectivity index is 1.70. The number of halogens is 1. The topological polar surface area (TPSA) is 62.1 Å². The van der Waals surface area contributed by atoms with Crippen LogP contribution in [0.2, 0.25) is 0 Å². The second-order valence-corrected chi connectivity index (χ2v) is 7.75. The van der Waals surface area contributed by atoms with E-state index >= 15 is 0 Å². The van der Waals surface area contributed by atoms with Crippen LogP contribution in [0.4, 0.5) is 0 Å². The molecule has 0 amide bonds. The Kier molecular flexibility index (Phi) is 7.28. The summed E-state index contributed by atoms with van der Waals surface area (Å²) < 4.78 is 3.33. The number of rotatable bonds is 7. The van der Waals surface area contributed by atoms with Crippen LogP contribution in [0, 0.1) is 0 Å². The molecule has 6 nitrogen and oxygen atoms in total. The van der Waals surface area contributed by atoms with Crippen molar-refractivity contribution >= 4 is 28.1 Å². The average Bonchev–Trinajstić information content (AvgIpc) is 3.33. The summed E-state index contributed by atoms with van der Waals surface area (Å²) in [5.74, 6) is 0.480. The van der Waals surface area contributed by atoms with Gasteiger partial charge in [-0.25, -0.2) is 0 Å². The van der Waals surface area contributed by atoms with E-state index in [0.29, 0.717) is 5.96 Å². The Morgan fingerprint density at radius 2 is 2.04 bits per heavy atom. The molecule has 1 unspecified atom stereocenters. The standard InChI is InChI=1S/C21H29BrN6/c1-3-26(4-2)21(23)25-24-15-17-9-7-13-27(17)16-18-10-8-14-28(18)20-12-6-5-11-19(20)22/h5-6,8,10-12,14-15,17H,3-4,7,9,13,16H2,1-2H3,(H2,23,25)/b24-15+. The molecule has 0 bridgehead atoms. The third-order valence-electron chi connectivity index (χ3n) is 5.21. The molecule has 0 spiro atoms. The Labute approximate surface area is 175 Å². The van der Waals surface area contributed by atoms with Gasteiger partial charge in [-0.15, -0.1) is 5.10 Å². The lowest BCUT2D eigenvalue weighted by Gasteiger charge is -2.22. The van der Waals surface area contributed by atoms with Crippen molar-refractivity contribution in [2.75, 3.05) is 19.6 Å². The SMILES string of the molecule is CCN(CC)/C(N)=N\N=C\C1CCCN1Cc1cccn1-c1ccccc1Br. The predicted octanol–water partition coefficient (Wildman–Crippen LogP) is 3.85. The van der Waals surface area contributed by atoms with Crippen molar-refractivity contribution in [3.63, 3.8) is 0 Å². The first-order chi connectivity index (χ1) is 13.6. The fourth-order valence-electron chi connectivity index (χ4n) is 3.63. The van der Waals surface area contributed by atoms with Gasteiger partial charge in [-0.05, 0) is 73.4 Å². The Morgan fingerprint density at radius 3 is 2.79 bits per heavy atom. The molecule has 3 rings (SSSR count). The van der Waals surface area contributed by atoms with Crippen LogP contribution < -0.4 is 5.73 Å². The van der Waals surface area contributed by atoms with Crippen LogP contribution in [0.25, 0.3) is 5.69 Å². The van der Waals surface area contributed by atoms with Crippen LogP contribution in [0.3, 0.4) is 0 Å². The third-order valence-corrected chi connectivity index (χ3v) is 5.88. The molecule has 28 heavy (non-hydrogen) atoms. The van der Waals surface area contributed by atoms with Gasteiger partial charge < -0.3 is 15.2 Å². The summed E-state index contributed by atoms with van der Waals surface area (Å²) in [5, 5.41) is 8.47. The van der Waals surface area contributed by atoms with E-state index in [1.165, 1.54) is 12.1 Å². The van der Waals surface area contributed by atoms with Crippen molar-refractivity contribution in [2.45, 2.75) is 39.3 Å². The highest BCUT2D eigenvalue weighted by molar-refractivity contribution is 9.10. The molecule has 1 saturated heterocycles. The largest absolute Gasteiger partial charge is 0.368 e. The summed E-state index contributed by atoms with van der Waals surface area (Å²) in [6.07, 6.45) is 6.32. The Morgan fingerprint density at radius 1 is 1.25 bits per heavy atom. The average molecular weight is 445 g/mol. The quantitative estimate of drug-likeness (QED) is 0.400. The molecular formula is C21H29BrN6. The first-order valence-electron chi connectivity index (χ1n) is 9.90. The highest BCUT2D eigenvalue weighted by atomic mass is 79.9. The van der Waals surface area contributed by atoms with Gasteiger partial charge in [0.25, 0.3) is 0 Å². The lowest BCUT2D eigenvalue weighted by Crippen LogP contribution is -2.36. The van der Waals surface area contributed by atoms with Crippen LogP contribution in [0.1, 0.15) is 32.4 Å². The van der Waals surface area contributed by atoms with Crippen LogP contribution in [-0.2, 0) is 6.54 Å². The van der Waals surface area contributed by atoms with Crippen molar-refractivity contribution < 1.29 is 0 Å². The molecule has 0 saturated carbocycles. The molecule has 0 aliphatic carbocycles. The number of nitrogens with two attached hydrogens (primary N) is 1. The minimum atomic E-state index is 0.288. The maximum Gasteiger partial charge on any atom is 0.216 e. The molecule has 1 aromatic heterocycles. The molecular weight excluding hydrogens is 416 g/mol. The van der Waals surface area contributed by atoms with Gasteiger partial charge in [-0.2, -0.15) is 5.10 Å². The van der Waals surface area contributed by atoms with E-state index in [4.69, 9.17) is 5.73 Å². The van der Waals surface area contributed by atoms with Gasteiger partial charge in [0.2, 0.25) is 5.96 Å². The van der Waals surface area contributed by atoms with Crippen molar-refractivity contribution in [3.8, 4) is 5.69 Å². The highest BCUT2D eigenvalue weighted by Crippen LogP contribution is 2.25. The second-order valence-electron chi connectivity index (χ2n) is 6.90. The number of benzene rings is 1. The molecule has 7 heteroatoms. The third kappa shape index (κ3) is 4.83. The van der Waals surface area contributed by atoms with E-state index in [0.717, 1.165) is 42.8 Å². The fourth-order valence-corrected chi connectivity index (χ4v) is 4.11. The van der Waals surface area contributed by atoms with E-state index in [9.17, 15) is 0 Å². The van der Waals surface area contributed by atoms with E-state index < -0.39 is 0 Å². The molecule has 1 aliphatic rings. The van der Waals surface area contributed by atoms with E-state index in [-0.39, 0.29) is 6.04 Å². The zero-order chi connectivity index (χ0) is 19.9. The maximum absolute atomic E-state index is 6.01. The zero-order valence-electron chi connectivity index (χ0n) is 16.6. The van der Waals surface area contributed by atoms with Crippen LogP contribution in [0.5, 0.6) is 0 Å². The van der Waals surface area contributed by atoms with Gasteiger partial charge in [0.05, 0.1) is 5.69 Å². The number of hydrogen-bond donors (Lipinski definition) is 1. The van der Waals surface area contributed by atoms with Crippen molar-refractivity contribution in [3.05, 3.63) is 52.8 Å². The summed E-state index contributed by atoms with van der Waals surface area (Å²) in [5.41, 5.74) is 8.43. The van der Waals surface area contributed by atoms with E-state index in [1.54, 1.807) is 0 Å². The van der Waals surface area contributed by atoms with Gasteiger partial charge in [0.15, 0.2) is 0 Å². The summed E-state index contributed by atoms with van der Waals surface area (Å²) in [4.78, 5) is 4.45. The molecule has 1 fully saturated rings. The highest BCUT2D eigenvalue weighted by Gasteiger charge is 2.24. The molecule has 2 heterocycles. The number of para-hydroxylation sites is 1. The lowest BCUT2D eigenvalue weighted by molar-refractivity contribution is 0.292. The molecule has 1 aromatic carbocycles. The summed E-state index contributed by atoms with van der Waals surface area (Å²) in [7, 11) is 0. The number of hydrogen-bond acceptors (Lipinski definition) is 3. The van der Waals surface area contributed by atoms with Crippen LogP contribution >= 0.6 is 15.9 Å². The molecule has 0 radical (unpaired) electrons. The zero-order valence-corrected chi connectivity index (χ0v) is 18.2. The minimum Gasteiger partial charge on any atom is -0.368 e. The van der Waals surface area contributed by atoms with Crippen molar-refractivity contribution in [1.82, 2.24) is 14.4 Å². The predicted molar refractivity (Wildman–Crippen MR) is 120 cm³/mol. The second kappa shape index (κ2) is 9.89. The monoisotopic (exact) mass is 444 g/mol. The van der Waals surface area contributed by atoms with Crippen LogP contribution in [-0.4, -0.2) is 52.2 Å². The number of aromatic nitrogens is 1. The summed E-state index contributed by atoms with van der Waals surface area (Å²) in [6.45, 7) is 7.74. The smallest absolute Gasteiger partial charge is 0.216 e. The number of nitrogens with zero attached hydrogens (tertiary/aromatic N) is 5. The van der Waals surface area contributed by atoms with Crippen LogP contribution in [0.15, 0.2) is 57.3 Å². The molecule has 1 atom stereocenters. The van der Waals surface area contributed by atoms with Crippen molar-refractivity contribution in [2.24, 2.45) is 15.9 Å². The number of likely N-dealkylation sites (tertiary alicyclic amines) is 1. The molecule has 150 valence electrons. The Hall–Kier alpha value is -2.12. The Bertz CT molecular complexity index is 824. The molecule has 2 N–H and O–H groups in total. The minimum absolute atomic E-state index is 0.288. The summed E-state index contributed by atoms with van der Waals surface area (Å²) in [6, 6.07) is 12.9. The van der Waals surface area contributed by atoms with Gasteiger partial charge >= 0.3 is 0 Å². The lowest BCUT2D eigenvalue weighted by atomic mass is 10.2. The maximum atomic E-state index is 6.01. The summed E-state index contributed by atoms with van der Waals surface area (Å²) >= 11 is 3.66. The van der Waals surface area contributed by atoms with Gasteiger partial charge in [-0.3, -0.25) is 4.90 Å². The first-order valence-corrected chi connectivity index (χ1v) is 10.7. The molecule has 2 aromatic rings. The normalized spacial score (nSPS) is 18.2. The van der Waals surface area contributed by atoms with Gasteiger partial charge in [0, 0.05) is 48.3 Å². The van der Waals surface area contributed by atoms with Gasteiger partial charge in [0.1, 0.15) is 0 Å². The first kappa shape index (κ1) is 20.6. The van der Waals surface area contributed by atoms with Gasteiger partial charge in [-0.1, -0.05) is 12.1 Å². The van der Waals surface area contributed by atoms with Crippen molar-refractivity contribution in [1.29, 1.82) is 0 Å². The molecule has 1 aliphatic heterocycles.